The van der Waals surface area contributed by atoms with E-state index >= 15 is 0 Å². The second-order valence-electron chi connectivity index (χ2n) is 6.12. The van der Waals surface area contributed by atoms with E-state index in [-0.39, 0.29) is 23.3 Å². The zero-order valence-electron chi connectivity index (χ0n) is 14.6. The number of carbonyl (C=O) groups is 2. The number of rotatable bonds is 5. The predicted molar refractivity (Wildman–Crippen MR) is 108 cm³/mol. The molecule has 0 radical (unpaired) electrons. The number of nitrogens with zero attached hydrogens (tertiary/aromatic N) is 2. The second kappa shape index (κ2) is 7.95. The summed E-state index contributed by atoms with van der Waals surface area (Å²) >= 11 is 3.15. The number of phenols is 1. The standard InChI is InChI=1S/C20H16N2O4S2/c23-14-7-5-13(6-8-14)20(25)26-12-19(24)22-16(18-4-2-10-28-18)11-15(21-22)17-3-1-9-27-17/h1-10,16,23H,11-12H2/t16-/m1/s1. The fraction of sp³-hybridized carbons (Fsp3) is 0.150. The quantitative estimate of drug-likeness (QED) is 0.641. The number of esters is 1. The van der Waals surface area contributed by atoms with Gasteiger partial charge in [0.15, 0.2) is 6.61 Å². The van der Waals surface area contributed by atoms with Crippen LogP contribution in [0.2, 0.25) is 0 Å². The molecule has 142 valence electrons. The summed E-state index contributed by atoms with van der Waals surface area (Å²) in [6.07, 6.45) is 0.624. The number of aromatic hydroxyl groups is 1. The molecule has 0 spiro atoms. The van der Waals surface area contributed by atoms with Crippen LogP contribution in [-0.2, 0) is 9.53 Å². The molecule has 1 amide bonds. The van der Waals surface area contributed by atoms with Crippen molar-refractivity contribution in [3.63, 3.8) is 0 Å². The van der Waals surface area contributed by atoms with E-state index < -0.39 is 12.6 Å². The number of hydrazone groups is 1. The largest absolute Gasteiger partial charge is 0.508 e. The summed E-state index contributed by atoms with van der Waals surface area (Å²) in [7, 11) is 0. The fourth-order valence-electron chi connectivity index (χ4n) is 2.91. The molecule has 1 aliphatic heterocycles. The molecule has 28 heavy (non-hydrogen) atoms. The van der Waals surface area contributed by atoms with Crippen molar-refractivity contribution in [2.75, 3.05) is 6.61 Å². The Hall–Kier alpha value is -2.97. The van der Waals surface area contributed by atoms with Crippen molar-refractivity contribution in [2.24, 2.45) is 5.10 Å². The van der Waals surface area contributed by atoms with Crippen LogP contribution in [0.15, 0.2) is 64.4 Å². The number of phenolic OH excluding ortho intramolecular Hbond substituents is 1. The maximum atomic E-state index is 12.8. The number of hydrogen-bond acceptors (Lipinski definition) is 7. The molecule has 0 saturated heterocycles. The van der Waals surface area contributed by atoms with E-state index in [2.05, 4.69) is 5.10 Å². The number of ether oxygens (including phenoxy) is 1. The van der Waals surface area contributed by atoms with E-state index in [0.717, 1.165) is 15.5 Å². The Morgan fingerprint density at radius 1 is 1.11 bits per heavy atom. The molecule has 4 rings (SSSR count). The van der Waals surface area contributed by atoms with Gasteiger partial charge < -0.3 is 9.84 Å². The minimum Gasteiger partial charge on any atom is -0.508 e. The maximum absolute atomic E-state index is 12.8. The Labute approximate surface area is 169 Å². The second-order valence-corrected chi connectivity index (χ2v) is 8.05. The summed E-state index contributed by atoms with van der Waals surface area (Å²) in [5.74, 6) is -0.946. The molecule has 1 aliphatic rings. The van der Waals surface area contributed by atoms with Gasteiger partial charge in [0.1, 0.15) is 5.75 Å². The Balaban J connectivity index is 1.48. The van der Waals surface area contributed by atoms with E-state index in [0.29, 0.717) is 6.42 Å². The smallest absolute Gasteiger partial charge is 0.338 e. The summed E-state index contributed by atoms with van der Waals surface area (Å²) in [5, 5.41) is 19.2. The van der Waals surface area contributed by atoms with E-state index in [1.807, 2.05) is 35.0 Å². The highest BCUT2D eigenvalue weighted by Gasteiger charge is 2.34. The first-order chi connectivity index (χ1) is 13.6. The predicted octanol–water partition coefficient (Wildman–Crippen LogP) is 4.05. The van der Waals surface area contributed by atoms with Gasteiger partial charge in [0.25, 0.3) is 5.91 Å². The Morgan fingerprint density at radius 2 is 1.86 bits per heavy atom. The van der Waals surface area contributed by atoms with E-state index in [1.54, 1.807) is 22.7 Å². The molecular formula is C20H16N2O4S2. The van der Waals surface area contributed by atoms with Crippen molar-refractivity contribution >= 4 is 40.3 Å². The van der Waals surface area contributed by atoms with Crippen LogP contribution in [0.3, 0.4) is 0 Å². The molecule has 3 heterocycles. The first kappa shape index (κ1) is 18.4. The van der Waals surface area contributed by atoms with Crippen molar-refractivity contribution in [1.82, 2.24) is 5.01 Å². The molecule has 1 aromatic carbocycles. The van der Waals surface area contributed by atoms with Crippen LogP contribution < -0.4 is 0 Å². The third kappa shape index (κ3) is 3.83. The van der Waals surface area contributed by atoms with Gasteiger partial charge in [-0.05, 0) is 47.2 Å². The first-order valence-corrected chi connectivity index (χ1v) is 10.3. The van der Waals surface area contributed by atoms with Crippen LogP contribution in [0.4, 0.5) is 0 Å². The molecule has 0 fully saturated rings. The summed E-state index contributed by atoms with van der Waals surface area (Å²) in [6, 6.07) is 13.3. The molecule has 6 nitrogen and oxygen atoms in total. The van der Waals surface area contributed by atoms with Crippen molar-refractivity contribution < 1.29 is 19.4 Å². The summed E-state index contributed by atoms with van der Waals surface area (Å²) in [4.78, 5) is 27.0. The van der Waals surface area contributed by atoms with Gasteiger partial charge in [0.2, 0.25) is 0 Å². The molecule has 2 aromatic heterocycles. The lowest BCUT2D eigenvalue weighted by molar-refractivity contribution is -0.136. The van der Waals surface area contributed by atoms with E-state index in [1.165, 1.54) is 29.3 Å². The topological polar surface area (TPSA) is 79.2 Å². The van der Waals surface area contributed by atoms with Gasteiger partial charge in [-0.15, -0.1) is 22.7 Å². The van der Waals surface area contributed by atoms with Gasteiger partial charge in [0.05, 0.1) is 22.2 Å². The molecule has 0 unspecified atom stereocenters. The molecule has 3 aromatic rings. The van der Waals surface area contributed by atoms with E-state index in [9.17, 15) is 14.7 Å². The minimum absolute atomic E-state index is 0.0546. The Bertz CT molecular complexity index is 996. The fourth-order valence-corrected chi connectivity index (χ4v) is 4.44. The molecular weight excluding hydrogens is 396 g/mol. The summed E-state index contributed by atoms with van der Waals surface area (Å²) in [5.41, 5.74) is 1.12. The number of carbonyl (C=O) groups excluding carboxylic acids is 2. The number of amides is 1. The molecule has 1 atom stereocenters. The molecule has 0 saturated carbocycles. The highest BCUT2D eigenvalue weighted by atomic mass is 32.1. The van der Waals surface area contributed by atoms with Gasteiger partial charge in [-0.25, -0.2) is 9.80 Å². The van der Waals surface area contributed by atoms with Gasteiger partial charge in [-0.3, -0.25) is 4.79 Å². The van der Waals surface area contributed by atoms with Crippen LogP contribution >= 0.6 is 22.7 Å². The summed E-state index contributed by atoms with van der Waals surface area (Å²) < 4.78 is 5.16. The van der Waals surface area contributed by atoms with Crippen LogP contribution in [0, 0.1) is 0 Å². The van der Waals surface area contributed by atoms with Gasteiger partial charge in [0, 0.05) is 11.3 Å². The Morgan fingerprint density at radius 3 is 2.54 bits per heavy atom. The van der Waals surface area contributed by atoms with Crippen LogP contribution in [0.5, 0.6) is 5.75 Å². The first-order valence-electron chi connectivity index (χ1n) is 8.55. The van der Waals surface area contributed by atoms with Gasteiger partial charge in [-0.1, -0.05) is 12.1 Å². The molecule has 0 aliphatic carbocycles. The molecule has 8 heteroatoms. The maximum Gasteiger partial charge on any atom is 0.338 e. The average molecular weight is 412 g/mol. The van der Waals surface area contributed by atoms with Crippen LogP contribution in [0.1, 0.15) is 32.6 Å². The SMILES string of the molecule is O=C(OCC(=O)N1N=C(c2cccs2)C[C@@H]1c1cccs1)c1ccc(O)cc1. The van der Waals surface area contributed by atoms with Gasteiger partial charge in [-0.2, -0.15) is 5.10 Å². The third-order valence-electron chi connectivity index (χ3n) is 4.27. The normalized spacial score (nSPS) is 16.1. The van der Waals surface area contributed by atoms with Crippen molar-refractivity contribution in [3.8, 4) is 5.75 Å². The summed E-state index contributed by atoms with van der Waals surface area (Å²) in [6.45, 7) is -0.400. The molecule has 1 N–H and O–H groups in total. The lowest BCUT2D eigenvalue weighted by atomic mass is 10.1. The molecule has 0 bridgehead atoms. The average Bonchev–Trinajstić information content (AvgIpc) is 3.46. The Kier molecular flexibility index (Phi) is 5.23. The van der Waals surface area contributed by atoms with Crippen LogP contribution in [-0.4, -0.2) is 34.3 Å². The van der Waals surface area contributed by atoms with Crippen molar-refractivity contribution in [2.45, 2.75) is 12.5 Å². The minimum atomic E-state index is -0.623. The zero-order valence-corrected chi connectivity index (χ0v) is 16.3. The monoisotopic (exact) mass is 412 g/mol. The number of benzene rings is 1. The lowest BCUT2D eigenvalue weighted by Gasteiger charge is -2.20. The van der Waals surface area contributed by atoms with Crippen molar-refractivity contribution in [1.29, 1.82) is 0 Å². The number of thiophene rings is 2. The lowest BCUT2D eigenvalue weighted by Crippen LogP contribution is -2.31. The third-order valence-corrected chi connectivity index (χ3v) is 6.17. The number of hydrogen-bond donors (Lipinski definition) is 1. The van der Waals surface area contributed by atoms with Crippen LogP contribution in [0.25, 0.3) is 0 Å². The van der Waals surface area contributed by atoms with E-state index in [4.69, 9.17) is 4.74 Å². The zero-order chi connectivity index (χ0) is 19.5. The van der Waals surface area contributed by atoms with Crippen molar-refractivity contribution in [3.05, 3.63) is 74.6 Å². The van der Waals surface area contributed by atoms with Gasteiger partial charge >= 0.3 is 5.97 Å². The highest BCUT2D eigenvalue weighted by molar-refractivity contribution is 7.12. The highest BCUT2D eigenvalue weighted by Crippen LogP contribution is 2.35.